The van der Waals surface area contributed by atoms with Crippen molar-refractivity contribution >= 4 is 0 Å². The van der Waals surface area contributed by atoms with E-state index in [1.165, 1.54) is 18.4 Å². The number of tetrazole rings is 1. The van der Waals surface area contributed by atoms with E-state index in [0.29, 0.717) is 18.5 Å². The van der Waals surface area contributed by atoms with Gasteiger partial charge in [0.1, 0.15) is 0 Å². The number of pyridine rings is 1. The summed E-state index contributed by atoms with van der Waals surface area (Å²) in [5.74, 6) is 1.36. The molecule has 0 aliphatic heterocycles. The van der Waals surface area contributed by atoms with Crippen LogP contribution < -0.4 is 5.32 Å². The zero-order valence-electron chi connectivity index (χ0n) is 12.8. The molecule has 2 aromatic rings. The van der Waals surface area contributed by atoms with Crippen LogP contribution in [0.1, 0.15) is 55.9 Å². The van der Waals surface area contributed by atoms with Crippen LogP contribution in [0.3, 0.4) is 0 Å². The first-order chi connectivity index (χ1) is 10.2. The highest BCUT2D eigenvalue weighted by atomic mass is 15.6. The average molecular weight is 286 g/mol. The first-order valence-corrected chi connectivity index (χ1v) is 7.58. The fourth-order valence-electron chi connectivity index (χ4n) is 2.60. The number of hydrogen-bond acceptors (Lipinski definition) is 5. The van der Waals surface area contributed by atoms with E-state index >= 15 is 0 Å². The van der Waals surface area contributed by atoms with E-state index in [9.17, 15) is 0 Å². The summed E-state index contributed by atoms with van der Waals surface area (Å²) in [5.41, 5.74) is 2.32. The fourth-order valence-corrected chi connectivity index (χ4v) is 2.60. The van der Waals surface area contributed by atoms with Crippen LogP contribution >= 0.6 is 0 Å². The maximum absolute atomic E-state index is 4.55. The van der Waals surface area contributed by atoms with E-state index in [4.69, 9.17) is 0 Å². The van der Waals surface area contributed by atoms with Gasteiger partial charge in [0.15, 0.2) is 5.82 Å². The van der Waals surface area contributed by atoms with Gasteiger partial charge in [0, 0.05) is 6.20 Å². The zero-order chi connectivity index (χ0) is 14.8. The van der Waals surface area contributed by atoms with Gasteiger partial charge in [-0.05, 0) is 47.7 Å². The molecule has 0 bridgehead atoms. The molecule has 6 nitrogen and oxygen atoms in total. The molecule has 1 N–H and O–H groups in total. The minimum atomic E-state index is 0.204. The van der Waals surface area contributed by atoms with E-state index in [-0.39, 0.29) is 6.04 Å². The topological polar surface area (TPSA) is 68.5 Å². The van der Waals surface area contributed by atoms with Gasteiger partial charge in [0.05, 0.1) is 24.3 Å². The standard InChI is InChI=1S/C15H22N6/c1-10(2)14(15-11(3)5-4-8-16-15)17-9-13-18-19-20-21(13)12-6-7-12/h4-5,8,10,12,14,17H,6-7,9H2,1-3H3/t14-/m0/s1. The molecule has 2 aromatic heterocycles. The number of nitrogens with one attached hydrogen (secondary N) is 1. The Labute approximate surface area is 125 Å². The van der Waals surface area contributed by atoms with Crippen molar-refractivity contribution in [3.63, 3.8) is 0 Å². The number of hydrogen-bond donors (Lipinski definition) is 1. The second-order valence-corrected chi connectivity index (χ2v) is 6.08. The molecule has 2 heterocycles. The van der Waals surface area contributed by atoms with E-state index in [2.05, 4.69) is 52.7 Å². The van der Waals surface area contributed by atoms with Crippen LogP contribution in [0.4, 0.5) is 0 Å². The normalized spacial score (nSPS) is 16.4. The van der Waals surface area contributed by atoms with Crippen molar-refractivity contribution < 1.29 is 0 Å². The van der Waals surface area contributed by atoms with Crippen LogP contribution in [0, 0.1) is 12.8 Å². The minimum absolute atomic E-state index is 0.204. The largest absolute Gasteiger partial charge is 0.301 e. The van der Waals surface area contributed by atoms with Crippen molar-refractivity contribution in [3.05, 3.63) is 35.4 Å². The van der Waals surface area contributed by atoms with Crippen LogP contribution in [0.5, 0.6) is 0 Å². The van der Waals surface area contributed by atoms with E-state index in [1.54, 1.807) is 0 Å². The molecule has 1 fully saturated rings. The third kappa shape index (κ3) is 3.10. The van der Waals surface area contributed by atoms with Crippen molar-refractivity contribution in [2.45, 2.75) is 52.2 Å². The lowest BCUT2D eigenvalue weighted by Crippen LogP contribution is -2.28. The van der Waals surface area contributed by atoms with Crippen molar-refractivity contribution in [1.82, 2.24) is 30.5 Å². The van der Waals surface area contributed by atoms with Gasteiger partial charge < -0.3 is 5.32 Å². The van der Waals surface area contributed by atoms with Crippen molar-refractivity contribution in [3.8, 4) is 0 Å². The quantitative estimate of drug-likeness (QED) is 0.881. The molecule has 0 amide bonds. The zero-order valence-corrected chi connectivity index (χ0v) is 12.8. The number of aryl methyl sites for hydroxylation is 1. The average Bonchev–Trinajstić information content (AvgIpc) is 3.20. The number of rotatable bonds is 6. The molecule has 21 heavy (non-hydrogen) atoms. The second kappa shape index (κ2) is 5.89. The molecule has 1 saturated carbocycles. The van der Waals surface area contributed by atoms with Crippen LogP contribution in [0.25, 0.3) is 0 Å². The van der Waals surface area contributed by atoms with Crippen molar-refractivity contribution in [2.24, 2.45) is 5.92 Å². The number of nitrogens with zero attached hydrogens (tertiary/aromatic N) is 5. The first kappa shape index (κ1) is 14.1. The molecular formula is C15H22N6. The SMILES string of the molecule is Cc1cccnc1[C@@H](NCc1nnnn1C1CC1)C(C)C. The lowest BCUT2D eigenvalue weighted by atomic mass is 9.97. The molecule has 3 rings (SSSR count). The summed E-state index contributed by atoms with van der Waals surface area (Å²) < 4.78 is 1.95. The Kier molecular flexibility index (Phi) is 3.96. The van der Waals surface area contributed by atoms with Crippen molar-refractivity contribution in [2.75, 3.05) is 0 Å². The predicted molar refractivity (Wildman–Crippen MR) is 79.5 cm³/mol. The van der Waals surface area contributed by atoms with Gasteiger partial charge in [0.2, 0.25) is 0 Å². The Morgan fingerprint density at radius 1 is 1.38 bits per heavy atom. The molecule has 0 spiro atoms. The van der Waals surface area contributed by atoms with Gasteiger partial charge in [-0.1, -0.05) is 19.9 Å². The van der Waals surface area contributed by atoms with Crippen LogP contribution in [-0.4, -0.2) is 25.2 Å². The van der Waals surface area contributed by atoms with Crippen molar-refractivity contribution in [1.29, 1.82) is 0 Å². The number of aromatic nitrogens is 5. The molecule has 0 saturated heterocycles. The highest BCUT2D eigenvalue weighted by Crippen LogP contribution is 2.34. The Morgan fingerprint density at radius 3 is 2.86 bits per heavy atom. The summed E-state index contributed by atoms with van der Waals surface area (Å²) in [6.45, 7) is 7.18. The monoisotopic (exact) mass is 286 g/mol. The maximum atomic E-state index is 4.55. The lowest BCUT2D eigenvalue weighted by Gasteiger charge is -2.23. The van der Waals surface area contributed by atoms with Crippen LogP contribution in [0.2, 0.25) is 0 Å². The Balaban J connectivity index is 1.74. The van der Waals surface area contributed by atoms with Gasteiger partial charge in [-0.15, -0.1) is 5.10 Å². The smallest absolute Gasteiger partial charge is 0.165 e. The van der Waals surface area contributed by atoms with Gasteiger partial charge >= 0.3 is 0 Å². The first-order valence-electron chi connectivity index (χ1n) is 7.58. The molecular weight excluding hydrogens is 264 g/mol. The summed E-state index contributed by atoms with van der Waals surface area (Å²) in [4.78, 5) is 4.55. The van der Waals surface area contributed by atoms with Gasteiger partial charge in [0.25, 0.3) is 0 Å². The van der Waals surface area contributed by atoms with Crippen LogP contribution in [-0.2, 0) is 6.54 Å². The lowest BCUT2D eigenvalue weighted by molar-refractivity contribution is 0.390. The summed E-state index contributed by atoms with van der Waals surface area (Å²) in [5, 5.41) is 15.6. The molecule has 112 valence electrons. The highest BCUT2D eigenvalue weighted by Gasteiger charge is 2.28. The molecule has 1 aliphatic rings. The summed E-state index contributed by atoms with van der Waals surface area (Å²) in [7, 11) is 0. The summed E-state index contributed by atoms with van der Waals surface area (Å²) >= 11 is 0. The van der Waals surface area contributed by atoms with Gasteiger partial charge in [-0.2, -0.15) is 0 Å². The molecule has 0 unspecified atom stereocenters. The molecule has 0 radical (unpaired) electrons. The maximum Gasteiger partial charge on any atom is 0.165 e. The Hall–Kier alpha value is -1.82. The summed E-state index contributed by atoms with van der Waals surface area (Å²) in [6.07, 6.45) is 4.23. The third-order valence-corrected chi connectivity index (χ3v) is 3.94. The van der Waals surface area contributed by atoms with E-state index in [1.807, 2.05) is 16.9 Å². The minimum Gasteiger partial charge on any atom is -0.301 e. The summed E-state index contributed by atoms with van der Waals surface area (Å²) in [6, 6.07) is 4.79. The van der Waals surface area contributed by atoms with Crippen LogP contribution in [0.15, 0.2) is 18.3 Å². The third-order valence-electron chi connectivity index (χ3n) is 3.94. The van der Waals surface area contributed by atoms with Gasteiger partial charge in [-0.25, -0.2) is 4.68 Å². The molecule has 1 aliphatic carbocycles. The fraction of sp³-hybridized carbons (Fsp3) is 0.600. The Morgan fingerprint density at radius 2 is 2.19 bits per heavy atom. The molecule has 1 atom stereocenters. The highest BCUT2D eigenvalue weighted by molar-refractivity contribution is 5.21. The molecule has 6 heteroatoms. The van der Waals surface area contributed by atoms with E-state index in [0.717, 1.165) is 11.5 Å². The predicted octanol–water partition coefficient (Wildman–Crippen LogP) is 2.20. The molecule has 0 aromatic carbocycles. The van der Waals surface area contributed by atoms with E-state index < -0.39 is 0 Å². The second-order valence-electron chi connectivity index (χ2n) is 6.08. The Bertz CT molecular complexity index is 602. The van der Waals surface area contributed by atoms with Gasteiger partial charge in [-0.3, -0.25) is 4.98 Å².